The van der Waals surface area contributed by atoms with E-state index in [0.717, 1.165) is 45.4 Å². The molecule has 2 N–H and O–H groups in total. The Hall–Kier alpha value is -0.860. The molecule has 0 bridgehead atoms. The molecule has 0 radical (unpaired) electrons. The zero-order chi connectivity index (χ0) is 18.3. The summed E-state index contributed by atoms with van der Waals surface area (Å²) in [6, 6.07) is 8.76. The lowest BCUT2D eigenvalue weighted by Crippen LogP contribution is -2.56. The first kappa shape index (κ1) is 23.2. The third-order valence-electron chi connectivity index (χ3n) is 5.00. The van der Waals surface area contributed by atoms with Crippen LogP contribution in [0.25, 0.3) is 0 Å². The standard InChI is InChI=1S/C20H34N4O.HI/c1-16-6-8-18(9-7-16)17(2)14-22-19(21-5)23-15-20(3,4)24-10-12-25-13-11-24;/h6-9,17H,10-15H2,1-5H3,(H2,21,22,23);1H. The van der Waals surface area contributed by atoms with Gasteiger partial charge in [0.15, 0.2) is 5.96 Å². The third-order valence-corrected chi connectivity index (χ3v) is 5.00. The maximum absolute atomic E-state index is 5.46. The van der Waals surface area contributed by atoms with Gasteiger partial charge in [0.05, 0.1) is 13.2 Å². The molecule has 0 amide bonds. The zero-order valence-corrected chi connectivity index (χ0v) is 19.2. The Bertz CT molecular complexity index is 553. The molecule has 1 fully saturated rings. The van der Waals surface area contributed by atoms with E-state index in [2.05, 4.69) is 72.5 Å². The molecule has 1 saturated heterocycles. The van der Waals surface area contributed by atoms with Gasteiger partial charge in [0, 0.05) is 38.8 Å². The Balaban J connectivity index is 0.00000338. The summed E-state index contributed by atoms with van der Waals surface area (Å²) >= 11 is 0. The van der Waals surface area contributed by atoms with Gasteiger partial charge in [-0.1, -0.05) is 36.8 Å². The highest BCUT2D eigenvalue weighted by molar-refractivity contribution is 14.0. The van der Waals surface area contributed by atoms with Gasteiger partial charge in [-0.3, -0.25) is 9.89 Å². The molecule has 1 aromatic rings. The lowest BCUT2D eigenvalue weighted by Gasteiger charge is -2.41. The Morgan fingerprint density at radius 1 is 1.19 bits per heavy atom. The molecule has 1 unspecified atom stereocenters. The van der Waals surface area contributed by atoms with E-state index in [1.165, 1.54) is 11.1 Å². The average molecular weight is 474 g/mol. The van der Waals surface area contributed by atoms with Crippen molar-refractivity contribution >= 4 is 29.9 Å². The average Bonchev–Trinajstić information content (AvgIpc) is 2.63. The monoisotopic (exact) mass is 474 g/mol. The van der Waals surface area contributed by atoms with Crippen LogP contribution in [-0.4, -0.2) is 62.8 Å². The van der Waals surface area contributed by atoms with Gasteiger partial charge < -0.3 is 15.4 Å². The van der Waals surface area contributed by atoms with Crippen LogP contribution in [0.1, 0.15) is 37.8 Å². The SMILES string of the molecule is CN=C(NCC(C)c1ccc(C)cc1)NCC(C)(C)N1CCOCC1.I. The molecule has 0 spiro atoms. The number of hydrogen-bond donors (Lipinski definition) is 2. The Morgan fingerprint density at radius 2 is 1.81 bits per heavy atom. The van der Waals surface area contributed by atoms with Crippen molar-refractivity contribution in [1.29, 1.82) is 0 Å². The largest absolute Gasteiger partial charge is 0.379 e. The minimum atomic E-state index is 0. The molecule has 0 aliphatic carbocycles. The maximum Gasteiger partial charge on any atom is 0.191 e. The summed E-state index contributed by atoms with van der Waals surface area (Å²) in [6.45, 7) is 14.2. The number of aryl methyl sites for hydroxylation is 1. The van der Waals surface area contributed by atoms with Crippen molar-refractivity contribution in [2.24, 2.45) is 4.99 Å². The number of nitrogens with zero attached hydrogens (tertiary/aromatic N) is 2. The first-order valence-electron chi connectivity index (χ1n) is 9.26. The number of hydrogen-bond acceptors (Lipinski definition) is 3. The number of ether oxygens (including phenoxy) is 1. The quantitative estimate of drug-likeness (QED) is 0.378. The van der Waals surface area contributed by atoms with Crippen molar-refractivity contribution in [3.63, 3.8) is 0 Å². The Morgan fingerprint density at radius 3 is 2.38 bits per heavy atom. The highest BCUT2D eigenvalue weighted by Gasteiger charge is 2.28. The zero-order valence-electron chi connectivity index (χ0n) is 16.8. The van der Waals surface area contributed by atoms with Gasteiger partial charge in [0.1, 0.15) is 0 Å². The van der Waals surface area contributed by atoms with Crippen molar-refractivity contribution in [2.45, 2.75) is 39.2 Å². The minimum Gasteiger partial charge on any atom is -0.379 e. The Labute approximate surface area is 176 Å². The fourth-order valence-corrected chi connectivity index (χ4v) is 3.06. The number of guanidine groups is 1. The van der Waals surface area contributed by atoms with Gasteiger partial charge in [-0.15, -0.1) is 24.0 Å². The van der Waals surface area contributed by atoms with Crippen LogP contribution in [-0.2, 0) is 4.74 Å². The van der Waals surface area contributed by atoms with Crippen molar-refractivity contribution < 1.29 is 4.74 Å². The summed E-state index contributed by atoms with van der Waals surface area (Å²) < 4.78 is 5.46. The summed E-state index contributed by atoms with van der Waals surface area (Å²) in [5.41, 5.74) is 2.72. The maximum atomic E-state index is 5.46. The number of aliphatic imine (C=N–C) groups is 1. The van der Waals surface area contributed by atoms with Crippen molar-refractivity contribution in [3.8, 4) is 0 Å². The lowest BCUT2D eigenvalue weighted by molar-refractivity contribution is -0.00834. The molecule has 148 valence electrons. The van der Waals surface area contributed by atoms with E-state index in [9.17, 15) is 0 Å². The van der Waals surface area contributed by atoms with Gasteiger partial charge in [0.25, 0.3) is 0 Å². The minimum absolute atomic E-state index is 0. The van der Waals surface area contributed by atoms with E-state index in [1.54, 1.807) is 0 Å². The predicted molar refractivity (Wildman–Crippen MR) is 121 cm³/mol. The fraction of sp³-hybridized carbons (Fsp3) is 0.650. The summed E-state index contributed by atoms with van der Waals surface area (Å²) in [5.74, 6) is 1.30. The molecule has 2 rings (SSSR count). The number of morpholine rings is 1. The fourth-order valence-electron chi connectivity index (χ4n) is 3.06. The van der Waals surface area contributed by atoms with Crippen molar-refractivity contribution in [3.05, 3.63) is 35.4 Å². The molecule has 1 aliphatic heterocycles. The molecular weight excluding hydrogens is 439 g/mol. The van der Waals surface area contributed by atoms with E-state index in [4.69, 9.17) is 4.74 Å². The van der Waals surface area contributed by atoms with Gasteiger partial charge in [-0.25, -0.2) is 0 Å². The first-order chi connectivity index (χ1) is 11.9. The Kier molecular flexibility index (Phi) is 9.89. The van der Waals surface area contributed by atoms with Crippen LogP contribution in [0, 0.1) is 6.92 Å². The molecule has 1 atom stereocenters. The van der Waals surface area contributed by atoms with Crippen LogP contribution in [0.2, 0.25) is 0 Å². The molecule has 1 aromatic carbocycles. The number of rotatable bonds is 6. The molecule has 0 aromatic heterocycles. The van der Waals surface area contributed by atoms with E-state index in [1.807, 2.05) is 7.05 Å². The van der Waals surface area contributed by atoms with Crippen LogP contribution in [0.15, 0.2) is 29.3 Å². The van der Waals surface area contributed by atoms with Gasteiger partial charge in [-0.05, 0) is 32.3 Å². The van der Waals surface area contributed by atoms with E-state index in [0.29, 0.717) is 5.92 Å². The summed E-state index contributed by atoms with van der Waals surface area (Å²) in [6.07, 6.45) is 0. The molecule has 6 heteroatoms. The molecule has 26 heavy (non-hydrogen) atoms. The molecule has 1 heterocycles. The van der Waals surface area contributed by atoms with E-state index >= 15 is 0 Å². The van der Waals surface area contributed by atoms with Crippen molar-refractivity contribution in [1.82, 2.24) is 15.5 Å². The molecule has 1 aliphatic rings. The molecular formula is C20H35IN4O. The van der Waals surface area contributed by atoms with Crippen LogP contribution in [0.5, 0.6) is 0 Å². The number of halogens is 1. The second-order valence-electron chi connectivity index (χ2n) is 7.53. The topological polar surface area (TPSA) is 48.9 Å². The first-order valence-corrected chi connectivity index (χ1v) is 9.26. The van der Waals surface area contributed by atoms with Gasteiger partial charge in [0.2, 0.25) is 0 Å². The third kappa shape index (κ3) is 7.04. The van der Waals surface area contributed by atoms with Gasteiger partial charge in [-0.2, -0.15) is 0 Å². The van der Waals surface area contributed by atoms with Crippen LogP contribution in [0.3, 0.4) is 0 Å². The summed E-state index contributed by atoms with van der Waals surface area (Å²) in [4.78, 5) is 6.85. The predicted octanol–water partition coefficient (Wildman–Crippen LogP) is 2.99. The highest BCUT2D eigenvalue weighted by Crippen LogP contribution is 2.16. The van der Waals surface area contributed by atoms with E-state index < -0.39 is 0 Å². The van der Waals surface area contributed by atoms with Gasteiger partial charge >= 0.3 is 0 Å². The second-order valence-corrected chi connectivity index (χ2v) is 7.53. The van der Waals surface area contributed by atoms with Crippen LogP contribution < -0.4 is 10.6 Å². The van der Waals surface area contributed by atoms with E-state index in [-0.39, 0.29) is 29.5 Å². The lowest BCUT2D eigenvalue weighted by atomic mass is 10.00. The van der Waals surface area contributed by atoms with Crippen LogP contribution >= 0.6 is 24.0 Å². The molecule has 5 nitrogen and oxygen atoms in total. The normalized spacial score (nSPS) is 17.3. The van der Waals surface area contributed by atoms with Crippen LogP contribution in [0.4, 0.5) is 0 Å². The number of nitrogens with one attached hydrogen (secondary N) is 2. The smallest absolute Gasteiger partial charge is 0.191 e. The number of benzene rings is 1. The molecule has 0 saturated carbocycles. The highest BCUT2D eigenvalue weighted by atomic mass is 127. The van der Waals surface area contributed by atoms with Crippen molar-refractivity contribution in [2.75, 3.05) is 46.4 Å². The summed E-state index contributed by atoms with van der Waals surface area (Å²) in [5, 5.41) is 6.93. The second kappa shape index (κ2) is 11.1. The summed E-state index contributed by atoms with van der Waals surface area (Å²) in [7, 11) is 1.83.